The average molecular weight is 456 g/mol. The molecule has 0 atom stereocenters. The van der Waals surface area contributed by atoms with Crippen LogP contribution in [0.1, 0.15) is 5.56 Å². The number of hydrogen-bond acceptors (Lipinski definition) is 3. The van der Waals surface area contributed by atoms with Crippen molar-refractivity contribution in [3.05, 3.63) is 70.5 Å². The van der Waals surface area contributed by atoms with E-state index in [4.69, 9.17) is 17.0 Å². The number of amides is 1. The summed E-state index contributed by atoms with van der Waals surface area (Å²) in [5.41, 5.74) is 2.50. The van der Waals surface area contributed by atoms with E-state index in [1.54, 1.807) is 7.05 Å². The Morgan fingerprint density at radius 1 is 1.21 bits per heavy atom. The predicted molar refractivity (Wildman–Crippen MR) is 118 cm³/mol. The molecule has 0 spiro atoms. The fourth-order valence-electron chi connectivity index (χ4n) is 3.15. The van der Waals surface area contributed by atoms with Crippen LogP contribution in [0.5, 0.6) is 5.75 Å². The number of rotatable bonds is 5. The summed E-state index contributed by atoms with van der Waals surface area (Å²) in [6.45, 7) is 1.24. The molecule has 1 saturated heterocycles. The van der Waals surface area contributed by atoms with E-state index in [1.807, 2.05) is 48.7 Å². The first-order chi connectivity index (χ1) is 13.5. The molecule has 2 aromatic carbocycles. The summed E-state index contributed by atoms with van der Waals surface area (Å²) in [6.07, 6.45) is 3.89. The normalized spacial score (nSPS) is 15.5. The van der Waals surface area contributed by atoms with Crippen LogP contribution in [0.15, 0.2) is 64.9 Å². The smallest absolute Gasteiger partial charge is 0.276 e. The van der Waals surface area contributed by atoms with Crippen LogP contribution in [0.2, 0.25) is 0 Å². The highest BCUT2D eigenvalue weighted by Gasteiger charge is 2.27. The Kier molecular flexibility index (Phi) is 5.19. The second-order valence-corrected chi connectivity index (χ2v) is 7.76. The lowest BCUT2D eigenvalue weighted by Gasteiger charge is -2.08. The molecule has 1 fully saturated rings. The van der Waals surface area contributed by atoms with Gasteiger partial charge < -0.3 is 14.6 Å². The molecule has 1 aromatic heterocycles. The topological polar surface area (TPSA) is 46.5 Å². The molecule has 0 radical (unpaired) electrons. The number of para-hydroxylation sites is 1. The quantitative estimate of drug-likeness (QED) is 0.463. The second kappa shape index (κ2) is 7.77. The van der Waals surface area contributed by atoms with Crippen LogP contribution in [-0.2, 0) is 11.3 Å². The van der Waals surface area contributed by atoms with Gasteiger partial charge in [-0.25, -0.2) is 0 Å². The minimum atomic E-state index is -0.131. The van der Waals surface area contributed by atoms with Crippen molar-refractivity contribution in [3.63, 3.8) is 0 Å². The first kappa shape index (κ1) is 18.7. The Morgan fingerprint density at radius 2 is 2.00 bits per heavy atom. The van der Waals surface area contributed by atoms with E-state index in [-0.39, 0.29) is 5.91 Å². The van der Waals surface area contributed by atoms with Gasteiger partial charge in [0.2, 0.25) is 0 Å². The zero-order valence-corrected chi connectivity index (χ0v) is 17.6. The van der Waals surface area contributed by atoms with Gasteiger partial charge in [-0.3, -0.25) is 9.69 Å². The van der Waals surface area contributed by atoms with Crippen molar-refractivity contribution >= 4 is 56.1 Å². The van der Waals surface area contributed by atoms with Crippen molar-refractivity contribution in [2.75, 3.05) is 13.7 Å². The van der Waals surface area contributed by atoms with Gasteiger partial charge in [-0.05, 0) is 48.6 Å². The Morgan fingerprint density at radius 3 is 2.71 bits per heavy atom. The number of fused-ring (bicyclic) bond motifs is 1. The summed E-state index contributed by atoms with van der Waals surface area (Å²) in [6, 6.07) is 15.9. The molecule has 0 unspecified atom stereocenters. The number of carbonyl (C=O) groups is 1. The molecule has 1 N–H and O–H groups in total. The van der Waals surface area contributed by atoms with E-state index in [9.17, 15) is 4.79 Å². The van der Waals surface area contributed by atoms with Crippen molar-refractivity contribution < 1.29 is 9.53 Å². The standard InChI is InChI=1S/C21H18BrN3O2S/c1-24-20(26)18(23-21(24)28)11-14-13-25(19-8-7-15(22)12-17(14)19)9-10-27-16-5-3-2-4-6-16/h2-8,11-13H,9-10H2,1H3,(H,23,28)/b18-11-. The van der Waals surface area contributed by atoms with Crippen LogP contribution < -0.4 is 10.1 Å². The van der Waals surface area contributed by atoms with Crippen molar-refractivity contribution in [3.8, 4) is 5.75 Å². The fraction of sp³-hybridized carbons (Fsp3) is 0.143. The Hall–Kier alpha value is -2.64. The van der Waals surface area contributed by atoms with Gasteiger partial charge in [0.1, 0.15) is 18.1 Å². The largest absolute Gasteiger partial charge is 0.492 e. The molecule has 4 rings (SSSR count). The fourth-order valence-corrected chi connectivity index (χ4v) is 3.71. The van der Waals surface area contributed by atoms with E-state index < -0.39 is 0 Å². The molecule has 28 heavy (non-hydrogen) atoms. The zero-order valence-electron chi connectivity index (χ0n) is 15.2. The lowest BCUT2D eigenvalue weighted by Crippen LogP contribution is -2.25. The van der Waals surface area contributed by atoms with Gasteiger partial charge in [0.15, 0.2) is 5.11 Å². The van der Waals surface area contributed by atoms with E-state index in [0.717, 1.165) is 26.7 Å². The molecule has 5 nitrogen and oxygen atoms in total. The molecule has 1 amide bonds. The van der Waals surface area contributed by atoms with Crippen LogP contribution in [0, 0.1) is 0 Å². The van der Waals surface area contributed by atoms with Crippen LogP contribution in [0.3, 0.4) is 0 Å². The van der Waals surface area contributed by atoms with Crippen molar-refractivity contribution in [2.45, 2.75) is 6.54 Å². The number of likely N-dealkylation sites (N-methyl/N-ethyl adjacent to an activating group) is 1. The number of halogens is 1. The van der Waals surface area contributed by atoms with Gasteiger partial charge in [-0.15, -0.1) is 0 Å². The van der Waals surface area contributed by atoms with Crippen LogP contribution in [-0.4, -0.2) is 34.1 Å². The maximum absolute atomic E-state index is 12.3. The number of carbonyl (C=O) groups excluding carboxylic acids is 1. The monoisotopic (exact) mass is 455 g/mol. The maximum Gasteiger partial charge on any atom is 0.276 e. The second-order valence-electron chi connectivity index (χ2n) is 6.45. The summed E-state index contributed by atoms with van der Waals surface area (Å²) in [7, 11) is 1.67. The summed E-state index contributed by atoms with van der Waals surface area (Å²) in [4.78, 5) is 13.8. The minimum Gasteiger partial charge on any atom is -0.492 e. The zero-order chi connectivity index (χ0) is 19.7. The Labute approximate surface area is 176 Å². The average Bonchev–Trinajstić information content (AvgIpc) is 3.15. The van der Waals surface area contributed by atoms with Crippen molar-refractivity contribution in [1.29, 1.82) is 0 Å². The third-order valence-electron chi connectivity index (χ3n) is 4.60. The van der Waals surface area contributed by atoms with Crippen molar-refractivity contribution in [1.82, 2.24) is 14.8 Å². The van der Waals surface area contributed by atoms with E-state index in [0.29, 0.717) is 24.0 Å². The van der Waals surface area contributed by atoms with Gasteiger partial charge in [-0.1, -0.05) is 34.1 Å². The molecule has 0 saturated carbocycles. The third-order valence-corrected chi connectivity index (χ3v) is 5.47. The highest BCUT2D eigenvalue weighted by molar-refractivity contribution is 9.10. The minimum absolute atomic E-state index is 0.131. The van der Waals surface area contributed by atoms with Gasteiger partial charge in [0, 0.05) is 34.2 Å². The molecule has 3 aromatic rings. The number of nitrogens with zero attached hydrogens (tertiary/aromatic N) is 2. The van der Waals surface area contributed by atoms with Crippen LogP contribution in [0.25, 0.3) is 17.0 Å². The number of benzene rings is 2. The van der Waals surface area contributed by atoms with Gasteiger partial charge in [-0.2, -0.15) is 0 Å². The van der Waals surface area contributed by atoms with Crippen molar-refractivity contribution in [2.24, 2.45) is 0 Å². The summed E-state index contributed by atoms with van der Waals surface area (Å²) >= 11 is 8.70. The highest BCUT2D eigenvalue weighted by Crippen LogP contribution is 2.27. The molecule has 0 bridgehead atoms. The highest BCUT2D eigenvalue weighted by atomic mass is 79.9. The van der Waals surface area contributed by atoms with E-state index >= 15 is 0 Å². The number of thiocarbonyl (C=S) groups is 1. The Balaban J connectivity index is 1.63. The molecule has 0 aliphatic carbocycles. The SMILES string of the molecule is CN1C(=O)/C(=C/c2cn(CCOc3ccccc3)c3ccc(Br)cc23)NC1=S. The van der Waals surface area contributed by atoms with Gasteiger partial charge >= 0.3 is 0 Å². The van der Waals surface area contributed by atoms with E-state index in [1.165, 1.54) is 4.90 Å². The predicted octanol–water partition coefficient (Wildman–Crippen LogP) is 4.17. The maximum atomic E-state index is 12.3. The first-order valence-corrected chi connectivity index (χ1v) is 10.00. The molecular weight excluding hydrogens is 438 g/mol. The lowest BCUT2D eigenvalue weighted by molar-refractivity contribution is -0.121. The molecular formula is C21H18BrN3O2S. The summed E-state index contributed by atoms with van der Waals surface area (Å²) in [5, 5.41) is 4.45. The summed E-state index contributed by atoms with van der Waals surface area (Å²) in [5.74, 6) is 0.717. The number of hydrogen-bond donors (Lipinski definition) is 1. The first-order valence-electron chi connectivity index (χ1n) is 8.80. The summed E-state index contributed by atoms with van der Waals surface area (Å²) < 4.78 is 8.95. The molecule has 1 aliphatic heterocycles. The molecule has 142 valence electrons. The van der Waals surface area contributed by atoms with Crippen LogP contribution >= 0.6 is 28.1 Å². The lowest BCUT2D eigenvalue weighted by atomic mass is 10.1. The Bertz CT molecular complexity index is 1090. The number of ether oxygens (including phenoxy) is 1. The molecule has 1 aliphatic rings. The van der Waals surface area contributed by atoms with Gasteiger partial charge in [0.25, 0.3) is 5.91 Å². The molecule has 2 heterocycles. The molecule has 7 heteroatoms. The van der Waals surface area contributed by atoms with Gasteiger partial charge in [0.05, 0.1) is 6.54 Å². The number of aromatic nitrogens is 1. The number of nitrogens with one attached hydrogen (secondary N) is 1. The third kappa shape index (κ3) is 3.68. The van der Waals surface area contributed by atoms with E-state index in [2.05, 4.69) is 37.9 Å². The van der Waals surface area contributed by atoms with Crippen LogP contribution in [0.4, 0.5) is 0 Å².